The summed E-state index contributed by atoms with van der Waals surface area (Å²) >= 11 is 0. The third-order valence-corrected chi connectivity index (χ3v) is 4.54. The summed E-state index contributed by atoms with van der Waals surface area (Å²) in [7, 11) is 0. The Balaban J connectivity index is 1.74. The SMILES string of the molecule is CCOC(=O)c1[nH]cnc1C(=O)N1C[C@H]2CC=C(C)C[C@H]2C1. The van der Waals surface area contributed by atoms with E-state index in [0.717, 1.165) is 25.9 Å². The average Bonchev–Trinajstić information content (AvgIpc) is 3.12. The fourth-order valence-electron chi connectivity index (χ4n) is 3.42. The monoisotopic (exact) mass is 303 g/mol. The number of fused-ring (bicyclic) bond motifs is 1. The van der Waals surface area contributed by atoms with Crippen LogP contribution in [0.5, 0.6) is 0 Å². The molecule has 22 heavy (non-hydrogen) atoms. The molecule has 2 heterocycles. The molecule has 0 spiro atoms. The molecule has 0 aromatic carbocycles. The lowest BCUT2D eigenvalue weighted by atomic mass is 9.83. The molecule has 0 bridgehead atoms. The highest BCUT2D eigenvalue weighted by atomic mass is 16.5. The van der Waals surface area contributed by atoms with Crippen molar-refractivity contribution in [3.05, 3.63) is 29.4 Å². The maximum absolute atomic E-state index is 12.7. The van der Waals surface area contributed by atoms with E-state index in [2.05, 4.69) is 23.0 Å². The molecule has 1 fully saturated rings. The van der Waals surface area contributed by atoms with Crippen LogP contribution in [0.1, 0.15) is 47.7 Å². The van der Waals surface area contributed by atoms with Gasteiger partial charge in [0, 0.05) is 13.1 Å². The Labute approximate surface area is 129 Å². The minimum atomic E-state index is -0.530. The number of imidazole rings is 1. The summed E-state index contributed by atoms with van der Waals surface area (Å²) in [6.45, 7) is 5.63. The van der Waals surface area contributed by atoms with Gasteiger partial charge in [-0.25, -0.2) is 9.78 Å². The van der Waals surface area contributed by atoms with Crippen molar-refractivity contribution >= 4 is 11.9 Å². The number of rotatable bonds is 3. The number of allylic oxidation sites excluding steroid dienone is 2. The number of carbonyl (C=O) groups is 2. The molecule has 6 heteroatoms. The van der Waals surface area contributed by atoms with Gasteiger partial charge >= 0.3 is 5.97 Å². The van der Waals surface area contributed by atoms with Gasteiger partial charge in [0.2, 0.25) is 0 Å². The highest BCUT2D eigenvalue weighted by Gasteiger charge is 2.38. The largest absolute Gasteiger partial charge is 0.461 e. The van der Waals surface area contributed by atoms with Crippen molar-refractivity contribution in [3.8, 4) is 0 Å². The number of likely N-dealkylation sites (tertiary alicyclic amines) is 1. The molecule has 0 unspecified atom stereocenters. The molecular weight excluding hydrogens is 282 g/mol. The van der Waals surface area contributed by atoms with Crippen molar-refractivity contribution in [3.63, 3.8) is 0 Å². The summed E-state index contributed by atoms with van der Waals surface area (Å²) in [5.74, 6) is 0.338. The van der Waals surface area contributed by atoms with Crippen molar-refractivity contribution in [1.82, 2.24) is 14.9 Å². The van der Waals surface area contributed by atoms with E-state index >= 15 is 0 Å². The topological polar surface area (TPSA) is 75.3 Å². The van der Waals surface area contributed by atoms with E-state index in [-0.39, 0.29) is 23.9 Å². The van der Waals surface area contributed by atoms with Crippen LogP contribution in [-0.2, 0) is 4.74 Å². The third kappa shape index (κ3) is 2.65. The van der Waals surface area contributed by atoms with E-state index < -0.39 is 5.97 Å². The standard InChI is InChI=1S/C16H21N3O3/c1-3-22-16(21)14-13(17-9-18-14)15(20)19-7-11-5-4-10(2)6-12(11)8-19/h4,9,11-12H,3,5-8H2,1-2H3,(H,17,18)/t11-,12+/m1/s1. The first kappa shape index (κ1) is 14.8. The normalized spacial score (nSPS) is 23.9. The van der Waals surface area contributed by atoms with Crippen molar-refractivity contribution in [1.29, 1.82) is 0 Å². The van der Waals surface area contributed by atoms with Crippen LogP contribution in [0.3, 0.4) is 0 Å². The van der Waals surface area contributed by atoms with Crippen molar-refractivity contribution in [2.75, 3.05) is 19.7 Å². The second-order valence-corrected chi connectivity index (χ2v) is 6.07. The highest BCUT2D eigenvalue weighted by molar-refractivity contribution is 6.02. The molecule has 1 aliphatic heterocycles. The Morgan fingerprint density at radius 2 is 2.18 bits per heavy atom. The summed E-state index contributed by atoms with van der Waals surface area (Å²) in [6, 6.07) is 0. The summed E-state index contributed by atoms with van der Waals surface area (Å²) < 4.78 is 4.96. The fourth-order valence-corrected chi connectivity index (χ4v) is 3.42. The minimum absolute atomic E-state index is 0.149. The predicted octanol–water partition coefficient (Wildman–Crippen LogP) is 2.01. The molecular formula is C16H21N3O3. The number of hydrogen-bond donors (Lipinski definition) is 1. The lowest BCUT2D eigenvalue weighted by Gasteiger charge is -2.21. The maximum Gasteiger partial charge on any atom is 0.357 e. The summed E-state index contributed by atoms with van der Waals surface area (Å²) in [5, 5.41) is 0. The van der Waals surface area contributed by atoms with E-state index in [9.17, 15) is 9.59 Å². The van der Waals surface area contributed by atoms with Gasteiger partial charge in [-0.05, 0) is 38.5 Å². The van der Waals surface area contributed by atoms with Crippen LogP contribution in [-0.4, -0.2) is 46.4 Å². The van der Waals surface area contributed by atoms with Crippen LogP contribution in [0.4, 0.5) is 0 Å². The van der Waals surface area contributed by atoms with Gasteiger partial charge in [-0.15, -0.1) is 0 Å². The van der Waals surface area contributed by atoms with Crippen molar-refractivity contribution < 1.29 is 14.3 Å². The van der Waals surface area contributed by atoms with Crippen LogP contribution in [0, 0.1) is 11.8 Å². The third-order valence-electron chi connectivity index (χ3n) is 4.54. The predicted molar refractivity (Wildman–Crippen MR) is 80.4 cm³/mol. The number of carbonyl (C=O) groups excluding carboxylic acids is 2. The Bertz CT molecular complexity index is 620. The van der Waals surface area contributed by atoms with Crippen molar-refractivity contribution in [2.24, 2.45) is 11.8 Å². The second-order valence-electron chi connectivity index (χ2n) is 6.07. The number of aromatic amines is 1. The number of ether oxygens (including phenoxy) is 1. The van der Waals surface area contributed by atoms with Gasteiger partial charge < -0.3 is 14.6 Å². The first-order chi connectivity index (χ1) is 10.6. The first-order valence-corrected chi connectivity index (χ1v) is 7.75. The zero-order valence-electron chi connectivity index (χ0n) is 13.0. The van der Waals surface area contributed by atoms with Crippen LogP contribution >= 0.6 is 0 Å². The van der Waals surface area contributed by atoms with Gasteiger partial charge in [0.15, 0.2) is 11.4 Å². The van der Waals surface area contributed by atoms with Gasteiger partial charge in [-0.3, -0.25) is 4.79 Å². The average molecular weight is 303 g/mol. The highest BCUT2D eigenvalue weighted by Crippen LogP contribution is 2.36. The lowest BCUT2D eigenvalue weighted by molar-refractivity contribution is 0.0513. The minimum Gasteiger partial charge on any atom is -0.461 e. The number of aromatic nitrogens is 2. The van der Waals surface area contributed by atoms with E-state index in [0.29, 0.717) is 11.8 Å². The van der Waals surface area contributed by atoms with Crippen molar-refractivity contribution in [2.45, 2.75) is 26.7 Å². The van der Waals surface area contributed by atoms with Gasteiger partial charge in [0.25, 0.3) is 5.91 Å². The van der Waals surface area contributed by atoms with Crippen LogP contribution in [0.25, 0.3) is 0 Å². The molecule has 1 saturated heterocycles. The van der Waals surface area contributed by atoms with Crippen LogP contribution in [0.2, 0.25) is 0 Å². The van der Waals surface area contributed by atoms with E-state index in [4.69, 9.17) is 4.74 Å². The Morgan fingerprint density at radius 3 is 2.95 bits per heavy atom. The van der Waals surface area contributed by atoms with E-state index in [1.165, 1.54) is 11.9 Å². The molecule has 6 nitrogen and oxygen atoms in total. The molecule has 1 amide bonds. The van der Waals surface area contributed by atoms with Crippen LogP contribution < -0.4 is 0 Å². The Kier molecular flexibility index (Phi) is 4.00. The Hall–Kier alpha value is -2.11. The molecule has 3 rings (SSSR count). The molecule has 118 valence electrons. The van der Waals surface area contributed by atoms with Gasteiger partial charge in [0.1, 0.15) is 0 Å². The Morgan fingerprint density at radius 1 is 1.41 bits per heavy atom. The van der Waals surface area contributed by atoms with E-state index in [1.54, 1.807) is 6.92 Å². The smallest absolute Gasteiger partial charge is 0.357 e. The number of nitrogens with zero attached hydrogens (tertiary/aromatic N) is 2. The summed E-state index contributed by atoms with van der Waals surface area (Å²) in [4.78, 5) is 33.1. The number of nitrogens with one attached hydrogen (secondary N) is 1. The number of hydrogen-bond acceptors (Lipinski definition) is 4. The fraction of sp³-hybridized carbons (Fsp3) is 0.562. The van der Waals surface area contributed by atoms with Gasteiger partial charge in [0.05, 0.1) is 12.9 Å². The number of H-pyrrole nitrogens is 1. The molecule has 0 radical (unpaired) electrons. The van der Waals surface area contributed by atoms with E-state index in [1.807, 2.05) is 4.90 Å². The zero-order chi connectivity index (χ0) is 15.7. The zero-order valence-corrected chi connectivity index (χ0v) is 13.0. The maximum atomic E-state index is 12.7. The molecule has 1 aromatic heterocycles. The lowest BCUT2D eigenvalue weighted by Crippen LogP contribution is -2.30. The van der Waals surface area contributed by atoms with Crippen LogP contribution in [0.15, 0.2) is 18.0 Å². The second kappa shape index (κ2) is 5.94. The summed E-state index contributed by atoms with van der Waals surface area (Å²) in [5.41, 5.74) is 1.72. The first-order valence-electron chi connectivity index (χ1n) is 7.75. The molecule has 2 atom stereocenters. The molecule has 1 aromatic rings. The summed E-state index contributed by atoms with van der Waals surface area (Å²) in [6.07, 6.45) is 5.73. The number of amides is 1. The number of esters is 1. The molecule has 2 aliphatic rings. The van der Waals surface area contributed by atoms with Gasteiger partial charge in [-0.2, -0.15) is 0 Å². The quantitative estimate of drug-likeness (QED) is 0.684. The molecule has 1 aliphatic carbocycles. The molecule has 1 N–H and O–H groups in total. The molecule has 0 saturated carbocycles. The van der Waals surface area contributed by atoms with Gasteiger partial charge in [-0.1, -0.05) is 11.6 Å².